The highest BCUT2D eigenvalue weighted by Crippen LogP contribution is 2.14. The maximum atomic E-state index is 12.7. The minimum absolute atomic E-state index is 0.286. The summed E-state index contributed by atoms with van der Waals surface area (Å²) in [5.41, 5.74) is 0. The Morgan fingerprint density at radius 2 is 2.19 bits per heavy atom. The lowest BCUT2D eigenvalue weighted by atomic mass is 10.1. The first kappa shape index (κ1) is 11.3. The summed E-state index contributed by atoms with van der Waals surface area (Å²) in [4.78, 5) is 6.45. The van der Waals surface area contributed by atoms with Gasteiger partial charge < -0.3 is 10.2 Å². The van der Waals surface area contributed by atoms with E-state index in [9.17, 15) is 4.39 Å². The summed E-state index contributed by atoms with van der Waals surface area (Å²) in [6.45, 7) is 5.58. The molecule has 1 aromatic heterocycles. The molecule has 1 aliphatic rings. The van der Waals surface area contributed by atoms with Crippen molar-refractivity contribution in [2.24, 2.45) is 0 Å². The fourth-order valence-electron chi connectivity index (χ4n) is 2.06. The molecular weight excluding hydrogens is 205 g/mol. The Kier molecular flexibility index (Phi) is 3.72. The molecule has 16 heavy (non-hydrogen) atoms. The molecule has 2 heterocycles. The van der Waals surface area contributed by atoms with E-state index in [-0.39, 0.29) is 5.82 Å². The van der Waals surface area contributed by atoms with Crippen LogP contribution in [0.1, 0.15) is 19.8 Å². The molecule has 1 aromatic rings. The Balaban J connectivity index is 1.84. The van der Waals surface area contributed by atoms with E-state index >= 15 is 0 Å². The number of piperidine rings is 1. The molecule has 0 radical (unpaired) electrons. The van der Waals surface area contributed by atoms with E-state index in [4.69, 9.17) is 0 Å². The number of likely N-dealkylation sites (tertiary alicyclic amines) is 1. The number of nitrogens with one attached hydrogen (secondary N) is 1. The Morgan fingerprint density at radius 3 is 2.75 bits per heavy atom. The van der Waals surface area contributed by atoms with Crippen molar-refractivity contribution < 1.29 is 4.39 Å². The van der Waals surface area contributed by atoms with Gasteiger partial charge in [0.2, 0.25) is 0 Å². The summed E-state index contributed by atoms with van der Waals surface area (Å²) in [6.07, 6.45) is 3.52. The van der Waals surface area contributed by atoms with Crippen LogP contribution in [0.5, 0.6) is 0 Å². The summed E-state index contributed by atoms with van der Waals surface area (Å²) < 4.78 is 12.7. The van der Waals surface area contributed by atoms with Crippen LogP contribution in [0.4, 0.5) is 10.2 Å². The van der Waals surface area contributed by atoms with Crippen LogP contribution < -0.4 is 5.32 Å². The predicted octanol–water partition coefficient (Wildman–Crippen LogP) is 2.12. The second kappa shape index (κ2) is 5.25. The van der Waals surface area contributed by atoms with E-state index < -0.39 is 0 Å². The molecule has 0 atom stereocenters. The van der Waals surface area contributed by atoms with Crippen LogP contribution in [0, 0.1) is 5.82 Å². The number of anilines is 1. The zero-order valence-electron chi connectivity index (χ0n) is 9.62. The van der Waals surface area contributed by atoms with Gasteiger partial charge in [-0.1, -0.05) is 6.92 Å². The molecule has 0 spiro atoms. The minimum atomic E-state index is -0.286. The third-order valence-electron chi connectivity index (χ3n) is 3.11. The van der Waals surface area contributed by atoms with Crippen molar-refractivity contribution in [1.82, 2.24) is 9.88 Å². The minimum Gasteiger partial charge on any atom is -0.367 e. The standard InChI is InChI=1S/C12H18FN3/c1-2-16-7-5-11(6-8-16)15-12-4-3-10(13)9-14-12/h3-4,9,11H,2,5-8H2,1H3,(H,14,15). The van der Waals surface area contributed by atoms with E-state index in [2.05, 4.69) is 22.1 Å². The second-order valence-electron chi connectivity index (χ2n) is 4.21. The second-order valence-corrected chi connectivity index (χ2v) is 4.21. The molecule has 0 unspecified atom stereocenters. The molecule has 0 aromatic carbocycles. The van der Waals surface area contributed by atoms with E-state index in [1.165, 1.54) is 12.3 Å². The summed E-state index contributed by atoms with van der Waals surface area (Å²) in [5.74, 6) is 0.489. The van der Waals surface area contributed by atoms with Crippen molar-refractivity contribution in [2.45, 2.75) is 25.8 Å². The molecule has 1 fully saturated rings. The number of hydrogen-bond acceptors (Lipinski definition) is 3. The summed E-state index contributed by atoms with van der Waals surface area (Å²) in [6, 6.07) is 3.61. The van der Waals surface area contributed by atoms with Gasteiger partial charge in [-0.3, -0.25) is 0 Å². The number of nitrogens with zero attached hydrogens (tertiary/aromatic N) is 2. The lowest BCUT2D eigenvalue weighted by Gasteiger charge is -2.31. The topological polar surface area (TPSA) is 28.2 Å². The summed E-state index contributed by atoms with van der Waals surface area (Å²) in [7, 11) is 0. The van der Waals surface area contributed by atoms with Crippen molar-refractivity contribution in [1.29, 1.82) is 0 Å². The van der Waals surface area contributed by atoms with Crippen LogP contribution in [0.15, 0.2) is 18.3 Å². The number of hydrogen-bond donors (Lipinski definition) is 1. The normalized spacial score (nSPS) is 18.6. The van der Waals surface area contributed by atoms with Gasteiger partial charge in [0.25, 0.3) is 0 Å². The lowest BCUT2D eigenvalue weighted by molar-refractivity contribution is 0.229. The monoisotopic (exact) mass is 223 g/mol. The van der Waals surface area contributed by atoms with E-state index in [0.717, 1.165) is 38.3 Å². The van der Waals surface area contributed by atoms with Crippen molar-refractivity contribution >= 4 is 5.82 Å². The average molecular weight is 223 g/mol. The smallest absolute Gasteiger partial charge is 0.141 e. The van der Waals surface area contributed by atoms with Crippen LogP contribution in [0.3, 0.4) is 0 Å². The van der Waals surface area contributed by atoms with Gasteiger partial charge in [-0.15, -0.1) is 0 Å². The highest BCUT2D eigenvalue weighted by Gasteiger charge is 2.17. The Bertz CT molecular complexity index is 318. The molecule has 4 heteroatoms. The van der Waals surface area contributed by atoms with Crippen molar-refractivity contribution in [3.05, 3.63) is 24.1 Å². The van der Waals surface area contributed by atoms with Crippen molar-refractivity contribution in [3.63, 3.8) is 0 Å². The van der Waals surface area contributed by atoms with Gasteiger partial charge in [0.05, 0.1) is 6.20 Å². The largest absolute Gasteiger partial charge is 0.367 e. The molecule has 1 aliphatic heterocycles. The lowest BCUT2D eigenvalue weighted by Crippen LogP contribution is -2.38. The van der Waals surface area contributed by atoms with Crippen LogP contribution in [0.2, 0.25) is 0 Å². The zero-order valence-corrected chi connectivity index (χ0v) is 9.62. The molecule has 3 nitrogen and oxygen atoms in total. The summed E-state index contributed by atoms with van der Waals surface area (Å²) >= 11 is 0. The van der Waals surface area contributed by atoms with Gasteiger partial charge in [-0.25, -0.2) is 9.37 Å². The fraction of sp³-hybridized carbons (Fsp3) is 0.583. The molecule has 0 aliphatic carbocycles. The van der Waals surface area contributed by atoms with Gasteiger partial charge in [0, 0.05) is 19.1 Å². The summed E-state index contributed by atoms with van der Waals surface area (Å²) in [5, 5.41) is 3.35. The number of pyridine rings is 1. The third kappa shape index (κ3) is 2.92. The average Bonchev–Trinajstić information content (AvgIpc) is 2.33. The molecule has 88 valence electrons. The van der Waals surface area contributed by atoms with Crippen molar-refractivity contribution in [2.75, 3.05) is 25.0 Å². The van der Waals surface area contributed by atoms with Crippen LogP contribution in [-0.2, 0) is 0 Å². The van der Waals surface area contributed by atoms with E-state index in [1.54, 1.807) is 6.07 Å². The SMILES string of the molecule is CCN1CCC(Nc2ccc(F)cn2)CC1. The fourth-order valence-corrected chi connectivity index (χ4v) is 2.06. The van der Waals surface area contributed by atoms with Crippen LogP contribution >= 0.6 is 0 Å². The first-order valence-corrected chi connectivity index (χ1v) is 5.88. The van der Waals surface area contributed by atoms with Gasteiger partial charge >= 0.3 is 0 Å². The maximum absolute atomic E-state index is 12.7. The van der Waals surface area contributed by atoms with Crippen molar-refractivity contribution in [3.8, 4) is 0 Å². The number of halogens is 1. The third-order valence-corrected chi connectivity index (χ3v) is 3.11. The van der Waals surface area contributed by atoms with Gasteiger partial charge in [-0.05, 0) is 31.5 Å². The Morgan fingerprint density at radius 1 is 1.44 bits per heavy atom. The van der Waals surface area contributed by atoms with Gasteiger partial charge in [0.1, 0.15) is 11.6 Å². The molecule has 2 rings (SSSR count). The number of aromatic nitrogens is 1. The van der Waals surface area contributed by atoms with E-state index in [0.29, 0.717) is 6.04 Å². The van der Waals surface area contributed by atoms with Gasteiger partial charge in [-0.2, -0.15) is 0 Å². The first-order chi connectivity index (χ1) is 7.78. The van der Waals surface area contributed by atoms with Crippen LogP contribution in [0.25, 0.3) is 0 Å². The Labute approximate surface area is 95.7 Å². The van der Waals surface area contributed by atoms with Crippen LogP contribution in [-0.4, -0.2) is 35.6 Å². The molecule has 1 N–H and O–H groups in total. The molecule has 0 saturated carbocycles. The number of rotatable bonds is 3. The van der Waals surface area contributed by atoms with Gasteiger partial charge in [0.15, 0.2) is 0 Å². The highest BCUT2D eigenvalue weighted by molar-refractivity contribution is 5.34. The maximum Gasteiger partial charge on any atom is 0.141 e. The highest BCUT2D eigenvalue weighted by atomic mass is 19.1. The molecule has 0 bridgehead atoms. The molecular formula is C12H18FN3. The quantitative estimate of drug-likeness (QED) is 0.850. The Hall–Kier alpha value is -1.16. The van der Waals surface area contributed by atoms with E-state index in [1.807, 2.05) is 0 Å². The zero-order chi connectivity index (χ0) is 11.4. The molecule has 1 saturated heterocycles. The molecule has 0 amide bonds. The predicted molar refractivity (Wildman–Crippen MR) is 63.0 cm³/mol. The first-order valence-electron chi connectivity index (χ1n) is 5.88.